The van der Waals surface area contributed by atoms with Crippen molar-refractivity contribution in [3.8, 4) is 6.07 Å². The first kappa shape index (κ1) is 21.8. The highest BCUT2D eigenvalue weighted by Gasteiger charge is 2.19. The molecule has 0 unspecified atom stereocenters. The van der Waals surface area contributed by atoms with Crippen LogP contribution in [0.15, 0.2) is 29.4 Å². The number of nitrogens with one attached hydrogen (secondary N) is 1. The van der Waals surface area contributed by atoms with E-state index in [1.54, 1.807) is 6.07 Å². The van der Waals surface area contributed by atoms with Gasteiger partial charge in [0.2, 0.25) is 0 Å². The Morgan fingerprint density at radius 3 is 2.76 bits per heavy atom. The number of thiazole rings is 1. The van der Waals surface area contributed by atoms with Gasteiger partial charge in [0.15, 0.2) is 21.1 Å². The fourth-order valence-corrected chi connectivity index (χ4v) is 4.84. The number of hydrogen-bond donors (Lipinski definition) is 2. The molecule has 152 valence electrons. The predicted molar refractivity (Wildman–Crippen MR) is 120 cm³/mol. The highest BCUT2D eigenvalue weighted by molar-refractivity contribution is 7.99. The molecule has 0 aliphatic carbocycles. The normalized spacial score (nSPS) is 13.4. The number of thioether (sulfide) groups is 1. The van der Waals surface area contributed by atoms with E-state index in [1.165, 1.54) is 23.1 Å². The number of aromatic nitrogens is 3. The van der Waals surface area contributed by atoms with Crippen molar-refractivity contribution in [3.05, 3.63) is 39.9 Å². The van der Waals surface area contributed by atoms with E-state index < -0.39 is 0 Å². The van der Waals surface area contributed by atoms with E-state index in [1.807, 2.05) is 25.1 Å². The van der Waals surface area contributed by atoms with Crippen LogP contribution in [0.3, 0.4) is 0 Å². The molecule has 29 heavy (non-hydrogen) atoms. The van der Waals surface area contributed by atoms with Crippen LogP contribution in [0.25, 0.3) is 10.3 Å². The minimum atomic E-state index is -0.114. The summed E-state index contributed by atoms with van der Waals surface area (Å²) in [5.41, 5.74) is 2.19. The van der Waals surface area contributed by atoms with Crippen molar-refractivity contribution in [1.82, 2.24) is 15.0 Å². The molecule has 0 aliphatic heterocycles. The minimum absolute atomic E-state index is 0.00996. The second-order valence-corrected chi connectivity index (χ2v) is 10.0. The third-order valence-electron chi connectivity index (χ3n) is 4.29. The number of rotatable bonds is 8. The number of aliphatic hydroxyl groups excluding tert-OH is 1. The minimum Gasteiger partial charge on any atom is -0.394 e. The molecule has 0 spiro atoms. The predicted octanol–water partition coefficient (Wildman–Crippen LogP) is 5.28. The molecule has 0 amide bonds. The third-order valence-corrected chi connectivity index (χ3v) is 6.47. The number of benzene rings is 1. The molecule has 0 bridgehead atoms. The van der Waals surface area contributed by atoms with E-state index in [4.69, 9.17) is 21.8 Å². The van der Waals surface area contributed by atoms with Gasteiger partial charge in [-0.1, -0.05) is 60.7 Å². The molecule has 2 aromatic heterocycles. The summed E-state index contributed by atoms with van der Waals surface area (Å²) < 4.78 is 1.18. The van der Waals surface area contributed by atoms with E-state index in [-0.39, 0.29) is 17.9 Å². The van der Waals surface area contributed by atoms with Crippen molar-refractivity contribution in [3.63, 3.8) is 0 Å². The van der Waals surface area contributed by atoms with E-state index in [9.17, 15) is 5.11 Å². The number of anilines is 1. The smallest absolute Gasteiger partial charge is 0.192 e. The summed E-state index contributed by atoms with van der Waals surface area (Å²) in [5.74, 6) is 1.07. The summed E-state index contributed by atoms with van der Waals surface area (Å²) in [6, 6.07) is 9.57. The Morgan fingerprint density at radius 1 is 1.28 bits per heavy atom. The maximum atomic E-state index is 9.75. The van der Waals surface area contributed by atoms with Crippen molar-refractivity contribution in [2.45, 2.75) is 43.6 Å². The molecule has 0 fully saturated rings. The standard InChI is InChI=1S/C20H22ClN5OS2/c1-11(2)7-15(10-27)23-17-16-18(24-19(21)29-16)26-20(25-17)28-12(3)14-6-4-5-13(8-14)9-22/h4-6,8,11-12,15,27H,7,10H2,1-3H3,(H,23,25,26)/t12-,15+/m0/s1. The van der Waals surface area contributed by atoms with Crippen molar-refractivity contribution < 1.29 is 5.11 Å². The summed E-state index contributed by atoms with van der Waals surface area (Å²) >= 11 is 8.93. The van der Waals surface area contributed by atoms with E-state index in [0.717, 1.165) is 16.7 Å². The Morgan fingerprint density at radius 2 is 2.07 bits per heavy atom. The SMILES string of the molecule is CC(C)C[C@H](CO)Nc1nc(S[C@@H](C)c2cccc(C#N)c2)nc2nc(Cl)sc12. The van der Waals surface area contributed by atoms with Crippen molar-refractivity contribution in [2.75, 3.05) is 11.9 Å². The largest absolute Gasteiger partial charge is 0.394 e. The lowest BCUT2D eigenvalue weighted by molar-refractivity contribution is 0.259. The lowest BCUT2D eigenvalue weighted by Gasteiger charge is -2.19. The molecule has 0 aliphatic rings. The van der Waals surface area contributed by atoms with Crippen LogP contribution in [0.5, 0.6) is 0 Å². The van der Waals surface area contributed by atoms with Crippen LogP contribution >= 0.6 is 34.7 Å². The van der Waals surface area contributed by atoms with Gasteiger partial charge < -0.3 is 10.4 Å². The highest BCUT2D eigenvalue weighted by Crippen LogP contribution is 2.37. The molecule has 3 aromatic rings. The number of halogens is 1. The summed E-state index contributed by atoms with van der Waals surface area (Å²) in [7, 11) is 0. The number of aliphatic hydroxyl groups is 1. The van der Waals surface area contributed by atoms with Gasteiger partial charge in [-0.25, -0.2) is 15.0 Å². The number of nitrogens with zero attached hydrogens (tertiary/aromatic N) is 4. The van der Waals surface area contributed by atoms with Gasteiger partial charge >= 0.3 is 0 Å². The molecular weight excluding hydrogens is 426 g/mol. The molecule has 0 saturated carbocycles. The quantitative estimate of drug-likeness (QED) is 0.358. The monoisotopic (exact) mass is 447 g/mol. The molecule has 2 heterocycles. The summed E-state index contributed by atoms with van der Waals surface area (Å²) in [4.78, 5) is 13.6. The van der Waals surface area contributed by atoms with Crippen LogP contribution in [0.2, 0.25) is 4.47 Å². The summed E-state index contributed by atoms with van der Waals surface area (Å²) in [6.45, 7) is 6.28. The molecule has 0 saturated heterocycles. The Labute approximate surface area is 183 Å². The molecule has 1 aromatic carbocycles. The summed E-state index contributed by atoms with van der Waals surface area (Å²) in [6.07, 6.45) is 0.814. The van der Waals surface area contributed by atoms with Crippen molar-refractivity contribution in [2.24, 2.45) is 5.92 Å². The molecule has 9 heteroatoms. The first-order valence-corrected chi connectivity index (χ1v) is 11.3. The Bertz CT molecular complexity index is 1030. The fourth-order valence-electron chi connectivity index (χ4n) is 2.96. The zero-order valence-electron chi connectivity index (χ0n) is 16.4. The fraction of sp³-hybridized carbons (Fsp3) is 0.400. The molecule has 0 radical (unpaired) electrons. The van der Waals surface area contributed by atoms with Gasteiger partial charge in [0.25, 0.3) is 0 Å². The number of fused-ring (bicyclic) bond motifs is 1. The lowest BCUT2D eigenvalue weighted by Crippen LogP contribution is -2.26. The maximum Gasteiger partial charge on any atom is 0.192 e. The van der Waals surface area contributed by atoms with Gasteiger partial charge in [-0.2, -0.15) is 5.26 Å². The van der Waals surface area contributed by atoms with Gasteiger partial charge in [0.1, 0.15) is 4.70 Å². The van der Waals surface area contributed by atoms with Crippen LogP contribution in [-0.4, -0.2) is 32.7 Å². The summed E-state index contributed by atoms with van der Waals surface area (Å²) in [5, 5.41) is 22.8. The maximum absolute atomic E-state index is 9.75. The average Bonchev–Trinajstić information content (AvgIpc) is 3.07. The lowest BCUT2D eigenvalue weighted by atomic mass is 10.0. The second kappa shape index (κ2) is 9.72. The van der Waals surface area contributed by atoms with E-state index in [0.29, 0.717) is 32.6 Å². The second-order valence-electron chi connectivity index (χ2n) is 7.13. The molecule has 2 atom stereocenters. The van der Waals surface area contributed by atoms with Crippen molar-refractivity contribution in [1.29, 1.82) is 5.26 Å². The van der Waals surface area contributed by atoms with Gasteiger partial charge in [-0.15, -0.1) is 0 Å². The number of nitriles is 1. The zero-order chi connectivity index (χ0) is 21.0. The van der Waals surface area contributed by atoms with Crippen LogP contribution in [0.4, 0.5) is 5.82 Å². The number of hydrogen-bond acceptors (Lipinski definition) is 8. The average molecular weight is 448 g/mol. The van der Waals surface area contributed by atoms with Crippen LogP contribution < -0.4 is 5.32 Å². The van der Waals surface area contributed by atoms with E-state index >= 15 is 0 Å². The zero-order valence-corrected chi connectivity index (χ0v) is 18.8. The molecule has 6 nitrogen and oxygen atoms in total. The molecule has 3 rings (SSSR count). The topological polar surface area (TPSA) is 94.7 Å². The van der Waals surface area contributed by atoms with Gasteiger partial charge in [-0.05, 0) is 37.0 Å². The molecule has 2 N–H and O–H groups in total. The Kier molecular flexibility index (Phi) is 7.30. The van der Waals surface area contributed by atoms with Gasteiger partial charge in [0.05, 0.1) is 24.3 Å². The first-order chi connectivity index (χ1) is 13.9. The van der Waals surface area contributed by atoms with Gasteiger partial charge in [0, 0.05) is 5.25 Å². The third kappa shape index (κ3) is 5.58. The molecular formula is C20H22ClN5OS2. The van der Waals surface area contributed by atoms with Crippen molar-refractivity contribution >= 4 is 50.9 Å². The van der Waals surface area contributed by atoms with Crippen LogP contribution in [0.1, 0.15) is 43.6 Å². The Hall–Kier alpha value is -1.92. The van der Waals surface area contributed by atoms with Gasteiger partial charge in [-0.3, -0.25) is 0 Å². The Balaban J connectivity index is 1.91. The highest BCUT2D eigenvalue weighted by atomic mass is 35.5. The van der Waals surface area contributed by atoms with Crippen LogP contribution in [0, 0.1) is 17.2 Å². The van der Waals surface area contributed by atoms with E-state index in [2.05, 4.69) is 35.2 Å². The first-order valence-electron chi connectivity index (χ1n) is 9.27. The van der Waals surface area contributed by atoms with Crippen LogP contribution in [-0.2, 0) is 0 Å².